The van der Waals surface area contributed by atoms with Crippen LogP contribution in [0.25, 0.3) is 0 Å². The standard InChI is InChI=1S/C9H11Cl2N3O2/c1-5(2)16-3-6(15)14-7-8(10)12-4-13-9(7)11/h4-5H,3H2,1-2H3,(H,14,15). The third-order valence-corrected chi connectivity index (χ3v) is 2.14. The lowest BCUT2D eigenvalue weighted by Crippen LogP contribution is -2.21. The third-order valence-electron chi connectivity index (χ3n) is 1.57. The molecule has 1 rings (SSSR count). The molecule has 0 aliphatic rings. The van der Waals surface area contributed by atoms with Crippen LogP contribution >= 0.6 is 23.2 Å². The molecule has 0 saturated carbocycles. The highest BCUT2D eigenvalue weighted by molar-refractivity contribution is 6.38. The highest BCUT2D eigenvalue weighted by Gasteiger charge is 2.11. The highest BCUT2D eigenvalue weighted by atomic mass is 35.5. The molecule has 7 heteroatoms. The Morgan fingerprint density at radius 1 is 1.44 bits per heavy atom. The summed E-state index contributed by atoms with van der Waals surface area (Å²) in [7, 11) is 0. The first kappa shape index (κ1) is 13.2. The normalized spacial score (nSPS) is 10.6. The van der Waals surface area contributed by atoms with Crippen LogP contribution in [-0.2, 0) is 9.53 Å². The summed E-state index contributed by atoms with van der Waals surface area (Å²) < 4.78 is 5.12. The summed E-state index contributed by atoms with van der Waals surface area (Å²) in [5, 5.41) is 2.67. The molecule has 16 heavy (non-hydrogen) atoms. The van der Waals surface area contributed by atoms with E-state index in [-0.39, 0.29) is 34.6 Å². The smallest absolute Gasteiger partial charge is 0.250 e. The van der Waals surface area contributed by atoms with Crippen LogP contribution in [-0.4, -0.2) is 28.6 Å². The highest BCUT2D eigenvalue weighted by Crippen LogP contribution is 2.25. The Balaban J connectivity index is 2.63. The second kappa shape index (κ2) is 5.98. The molecule has 1 heterocycles. The van der Waals surface area contributed by atoms with Gasteiger partial charge in [-0.05, 0) is 13.8 Å². The number of carbonyl (C=O) groups excluding carboxylic acids is 1. The van der Waals surface area contributed by atoms with Crippen molar-refractivity contribution in [3.05, 3.63) is 16.6 Å². The first-order chi connectivity index (χ1) is 7.50. The molecular weight excluding hydrogens is 253 g/mol. The van der Waals surface area contributed by atoms with Crippen molar-refractivity contribution in [2.24, 2.45) is 0 Å². The lowest BCUT2D eigenvalue weighted by atomic mass is 10.4. The number of amides is 1. The molecule has 0 saturated heterocycles. The van der Waals surface area contributed by atoms with Gasteiger partial charge < -0.3 is 10.1 Å². The number of hydrogen-bond donors (Lipinski definition) is 1. The van der Waals surface area contributed by atoms with Gasteiger partial charge in [0.2, 0.25) is 0 Å². The maximum absolute atomic E-state index is 11.4. The number of carbonyl (C=O) groups is 1. The van der Waals surface area contributed by atoms with Crippen molar-refractivity contribution < 1.29 is 9.53 Å². The molecule has 0 atom stereocenters. The van der Waals surface area contributed by atoms with E-state index < -0.39 is 0 Å². The van der Waals surface area contributed by atoms with E-state index in [0.29, 0.717) is 0 Å². The zero-order valence-corrected chi connectivity index (χ0v) is 10.3. The number of aromatic nitrogens is 2. The fourth-order valence-electron chi connectivity index (χ4n) is 0.865. The van der Waals surface area contributed by atoms with E-state index in [1.165, 1.54) is 6.33 Å². The van der Waals surface area contributed by atoms with Crippen LogP contribution in [0.4, 0.5) is 5.69 Å². The number of nitrogens with one attached hydrogen (secondary N) is 1. The minimum absolute atomic E-state index is 0.0243. The van der Waals surface area contributed by atoms with E-state index in [1.54, 1.807) is 0 Å². The van der Waals surface area contributed by atoms with E-state index in [9.17, 15) is 4.79 Å². The Morgan fingerprint density at radius 3 is 2.50 bits per heavy atom. The van der Waals surface area contributed by atoms with Gasteiger partial charge in [-0.1, -0.05) is 23.2 Å². The first-order valence-electron chi connectivity index (χ1n) is 4.58. The molecule has 88 valence electrons. The number of halogens is 2. The van der Waals surface area contributed by atoms with Gasteiger partial charge in [0.25, 0.3) is 5.91 Å². The van der Waals surface area contributed by atoms with Gasteiger partial charge in [-0.3, -0.25) is 4.79 Å². The Morgan fingerprint density at radius 2 is 2.00 bits per heavy atom. The van der Waals surface area contributed by atoms with Crippen molar-refractivity contribution in [1.29, 1.82) is 0 Å². The molecule has 0 spiro atoms. The fraction of sp³-hybridized carbons (Fsp3) is 0.444. The lowest BCUT2D eigenvalue weighted by Gasteiger charge is -2.09. The van der Waals surface area contributed by atoms with Gasteiger partial charge in [-0.25, -0.2) is 9.97 Å². The fourth-order valence-corrected chi connectivity index (χ4v) is 1.27. The zero-order chi connectivity index (χ0) is 12.1. The van der Waals surface area contributed by atoms with E-state index in [4.69, 9.17) is 27.9 Å². The summed E-state index contributed by atoms with van der Waals surface area (Å²) in [5.41, 5.74) is 0.197. The second-order valence-corrected chi connectivity index (χ2v) is 3.95. The zero-order valence-electron chi connectivity index (χ0n) is 8.83. The van der Waals surface area contributed by atoms with Crippen LogP contribution in [0.5, 0.6) is 0 Å². The second-order valence-electron chi connectivity index (χ2n) is 3.24. The maximum atomic E-state index is 11.4. The van der Waals surface area contributed by atoms with Gasteiger partial charge in [0.15, 0.2) is 10.3 Å². The Hall–Kier alpha value is -0.910. The Kier molecular flexibility index (Phi) is 4.92. The van der Waals surface area contributed by atoms with Crippen LogP contribution in [0, 0.1) is 0 Å². The van der Waals surface area contributed by atoms with Crippen LogP contribution in [0.15, 0.2) is 6.33 Å². The van der Waals surface area contributed by atoms with E-state index >= 15 is 0 Å². The lowest BCUT2D eigenvalue weighted by molar-refractivity contribution is -0.121. The Labute approximate surface area is 103 Å². The minimum Gasteiger partial charge on any atom is -0.369 e. The molecule has 0 aliphatic heterocycles. The van der Waals surface area contributed by atoms with E-state index in [1.807, 2.05) is 13.8 Å². The monoisotopic (exact) mass is 263 g/mol. The van der Waals surface area contributed by atoms with Crippen molar-refractivity contribution in [2.45, 2.75) is 20.0 Å². The summed E-state index contributed by atoms with van der Waals surface area (Å²) in [4.78, 5) is 18.8. The molecule has 1 N–H and O–H groups in total. The van der Waals surface area contributed by atoms with Crippen LogP contribution in [0.2, 0.25) is 10.3 Å². The van der Waals surface area contributed by atoms with Crippen molar-refractivity contribution in [2.75, 3.05) is 11.9 Å². The summed E-state index contributed by atoms with van der Waals surface area (Å²) >= 11 is 11.5. The molecule has 1 amide bonds. The predicted molar refractivity (Wildman–Crippen MR) is 61.8 cm³/mol. The number of anilines is 1. The molecule has 0 aliphatic carbocycles. The predicted octanol–water partition coefficient (Wildman–Crippen LogP) is 2.15. The van der Waals surface area contributed by atoms with Crippen molar-refractivity contribution in [1.82, 2.24) is 9.97 Å². The summed E-state index contributed by atoms with van der Waals surface area (Å²) in [6.45, 7) is 3.59. The maximum Gasteiger partial charge on any atom is 0.250 e. The van der Waals surface area contributed by atoms with Gasteiger partial charge in [0.1, 0.15) is 18.6 Å². The topological polar surface area (TPSA) is 64.1 Å². The third kappa shape index (κ3) is 3.92. The minimum atomic E-state index is -0.354. The van der Waals surface area contributed by atoms with Gasteiger partial charge in [0.05, 0.1) is 6.10 Å². The van der Waals surface area contributed by atoms with Crippen LogP contribution in [0.3, 0.4) is 0 Å². The van der Waals surface area contributed by atoms with Crippen molar-refractivity contribution in [3.8, 4) is 0 Å². The number of nitrogens with zero attached hydrogens (tertiary/aromatic N) is 2. The van der Waals surface area contributed by atoms with Gasteiger partial charge >= 0.3 is 0 Å². The van der Waals surface area contributed by atoms with Gasteiger partial charge in [0, 0.05) is 0 Å². The molecule has 0 radical (unpaired) electrons. The van der Waals surface area contributed by atoms with Crippen molar-refractivity contribution >= 4 is 34.8 Å². The first-order valence-corrected chi connectivity index (χ1v) is 5.33. The molecular formula is C9H11Cl2N3O2. The summed E-state index contributed by atoms with van der Waals surface area (Å²) in [6, 6.07) is 0. The quantitative estimate of drug-likeness (QED) is 0.846. The largest absolute Gasteiger partial charge is 0.369 e. The SMILES string of the molecule is CC(C)OCC(=O)Nc1c(Cl)ncnc1Cl. The average molecular weight is 264 g/mol. The molecule has 0 unspecified atom stereocenters. The summed E-state index contributed by atoms with van der Waals surface area (Å²) in [5.74, 6) is -0.354. The molecule has 1 aromatic rings. The molecule has 0 fully saturated rings. The summed E-state index contributed by atoms with van der Waals surface area (Å²) in [6.07, 6.45) is 1.19. The van der Waals surface area contributed by atoms with Crippen LogP contribution < -0.4 is 5.32 Å². The van der Waals surface area contributed by atoms with Crippen LogP contribution in [0.1, 0.15) is 13.8 Å². The van der Waals surface area contributed by atoms with E-state index in [0.717, 1.165) is 0 Å². The molecule has 5 nitrogen and oxygen atoms in total. The number of rotatable bonds is 4. The number of hydrogen-bond acceptors (Lipinski definition) is 4. The molecule has 1 aromatic heterocycles. The van der Waals surface area contributed by atoms with Gasteiger partial charge in [-0.2, -0.15) is 0 Å². The van der Waals surface area contributed by atoms with Gasteiger partial charge in [-0.15, -0.1) is 0 Å². The molecule has 0 bridgehead atoms. The average Bonchev–Trinajstić information content (AvgIpc) is 2.21. The number of ether oxygens (including phenoxy) is 1. The van der Waals surface area contributed by atoms with Crippen molar-refractivity contribution in [3.63, 3.8) is 0 Å². The molecule has 0 aromatic carbocycles. The van der Waals surface area contributed by atoms with E-state index in [2.05, 4.69) is 15.3 Å². The Bertz CT molecular complexity index is 365.